The number of anilines is 1. The summed E-state index contributed by atoms with van der Waals surface area (Å²) in [5.41, 5.74) is -1.51. The molecule has 170 valence electrons. The van der Waals surface area contributed by atoms with Crippen LogP contribution in [0.3, 0.4) is 0 Å². The van der Waals surface area contributed by atoms with Crippen LogP contribution in [-0.2, 0) is 11.6 Å². The molecule has 33 heavy (non-hydrogen) atoms. The molecule has 1 saturated carbocycles. The third-order valence-electron chi connectivity index (χ3n) is 4.98. The predicted molar refractivity (Wildman–Crippen MR) is 110 cm³/mol. The van der Waals surface area contributed by atoms with Crippen molar-refractivity contribution in [3.8, 4) is 28.3 Å². The molecule has 0 aliphatic heterocycles. The summed E-state index contributed by atoms with van der Waals surface area (Å²) in [6, 6.07) is 5.04. The number of alkyl halides is 3. The van der Waals surface area contributed by atoms with E-state index in [9.17, 15) is 23.2 Å². The van der Waals surface area contributed by atoms with Crippen LogP contribution in [-0.4, -0.2) is 40.1 Å². The fourth-order valence-corrected chi connectivity index (χ4v) is 4.14. The van der Waals surface area contributed by atoms with Crippen molar-refractivity contribution >= 4 is 22.4 Å². The Hall–Kier alpha value is -3.79. The first-order valence-corrected chi connectivity index (χ1v) is 10.2. The van der Waals surface area contributed by atoms with Crippen molar-refractivity contribution in [1.82, 2.24) is 19.9 Å². The first kappa shape index (κ1) is 22.4. The molecule has 0 spiro atoms. The van der Waals surface area contributed by atoms with E-state index < -0.39 is 23.2 Å². The summed E-state index contributed by atoms with van der Waals surface area (Å²) < 4.78 is 51.4. The van der Waals surface area contributed by atoms with Crippen molar-refractivity contribution in [1.29, 1.82) is 5.26 Å². The lowest BCUT2D eigenvalue weighted by Crippen LogP contribution is -2.16. The molecule has 9 nitrogen and oxygen atoms in total. The molecule has 1 N–H and O–H groups in total. The van der Waals surface area contributed by atoms with Crippen LogP contribution in [0, 0.1) is 11.3 Å². The number of pyridine rings is 1. The number of hydrogen-bond donors (Lipinski definition) is 1. The minimum absolute atomic E-state index is 0.114. The van der Waals surface area contributed by atoms with Crippen molar-refractivity contribution in [3.05, 3.63) is 41.6 Å². The zero-order chi connectivity index (χ0) is 23.8. The highest BCUT2D eigenvalue weighted by molar-refractivity contribution is 7.19. The number of hydrogen-bond acceptors (Lipinski definition) is 9. The second-order valence-corrected chi connectivity index (χ2v) is 8.04. The van der Waals surface area contributed by atoms with Gasteiger partial charge in [0.2, 0.25) is 11.8 Å². The molecule has 1 aliphatic rings. The van der Waals surface area contributed by atoms with Crippen molar-refractivity contribution in [2.45, 2.75) is 24.4 Å². The number of rotatable bonds is 6. The Bertz CT molecular complexity index is 1240. The van der Waals surface area contributed by atoms with Crippen LogP contribution in [0.2, 0.25) is 0 Å². The number of carbonyl (C=O) groups is 1. The van der Waals surface area contributed by atoms with Gasteiger partial charge in [-0.3, -0.25) is 15.1 Å². The summed E-state index contributed by atoms with van der Waals surface area (Å²) in [5, 5.41) is 11.4. The Labute approximate surface area is 189 Å². The van der Waals surface area contributed by atoms with Crippen LogP contribution in [0.1, 0.15) is 34.6 Å². The van der Waals surface area contributed by atoms with Crippen molar-refractivity contribution in [2.24, 2.45) is 0 Å². The number of thiazole rings is 1. The highest BCUT2D eigenvalue weighted by Gasteiger charge is 2.46. The summed E-state index contributed by atoms with van der Waals surface area (Å²) in [7, 11) is 2.55. The molecule has 3 aromatic heterocycles. The lowest BCUT2D eigenvalue weighted by Gasteiger charge is -2.09. The van der Waals surface area contributed by atoms with E-state index in [-0.39, 0.29) is 32.9 Å². The Morgan fingerprint density at radius 3 is 2.42 bits per heavy atom. The predicted octanol–water partition coefficient (Wildman–Crippen LogP) is 3.84. The first-order chi connectivity index (χ1) is 15.7. The van der Waals surface area contributed by atoms with Gasteiger partial charge in [0.25, 0.3) is 5.91 Å². The Morgan fingerprint density at radius 2 is 1.88 bits per heavy atom. The van der Waals surface area contributed by atoms with Gasteiger partial charge in [-0.25, -0.2) is 15.0 Å². The molecule has 3 aromatic rings. The standard InChI is InChI=1S/C20H15F3N6O3S/c1-31-16-12(17(32-2)27-9-26-16)15(30)29-18-28-14(20(21,22)23)13(33-18)10-3-6-25-11(7-10)19(8-24)4-5-19/h3,6-7,9H,4-5H2,1-2H3,(H,28,29,30). The molecule has 0 bridgehead atoms. The number of aromatic nitrogens is 4. The average Bonchev–Trinajstić information content (AvgIpc) is 3.50. The normalized spacial score (nSPS) is 14.3. The lowest BCUT2D eigenvalue weighted by molar-refractivity contribution is -0.140. The summed E-state index contributed by atoms with van der Waals surface area (Å²) in [5.74, 6) is -1.08. The average molecular weight is 476 g/mol. The Kier molecular flexibility index (Phi) is 5.62. The van der Waals surface area contributed by atoms with Crippen LogP contribution >= 0.6 is 11.3 Å². The molecule has 4 rings (SSSR count). The number of halogens is 3. The van der Waals surface area contributed by atoms with Gasteiger partial charge in [0, 0.05) is 6.20 Å². The molecule has 1 aliphatic carbocycles. The minimum Gasteiger partial charge on any atom is -0.480 e. The van der Waals surface area contributed by atoms with Gasteiger partial charge in [0.05, 0.1) is 36.3 Å². The quantitative estimate of drug-likeness (QED) is 0.569. The molecule has 0 saturated heterocycles. The maximum absolute atomic E-state index is 13.8. The molecule has 1 amide bonds. The molecule has 13 heteroatoms. The van der Waals surface area contributed by atoms with Crippen molar-refractivity contribution < 1.29 is 27.4 Å². The van der Waals surface area contributed by atoms with E-state index in [0.717, 1.165) is 6.33 Å². The summed E-state index contributed by atoms with van der Waals surface area (Å²) in [4.78, 5) is 28.0. The number of methoxy groups -OCH3 is 2. The zero-order valence-corrected chi connectivity index (χ0v) is 18.0. The number of amides is 1. The van der Waals surface area contributed by atoms with E-state index in [4.69, 9.17) is 9.47 Å². The second-order valence-electron chi connectivity index (χ2n) is 7.04. The Balaban J connectivity index is 1.73. The van der Waals surface area contributed by atoms with Gasteiger partial charge in [-0.2, -0.15) is 18.4 Å². The number of nitrogens with one attached hydrogen (secondary N) is 1. The van der Waals surface area contributed by atoms with Crippen molar-refractivity contribution in [3.63, 3.8) is 0 Å². The number of carbonyl (C=O) groups excluding carboxylic acids is 1. The monoisotopic (exact) mass is 476 g/mol. The highest BCUT2D eigenvalue weighted by atomic mass is 32.1. The van der Waals surface area contributed by atoms with Gasteiger partial charge in [-0.15, -0.1) is 0 Å². The largest absolute Gasteiger partial charge is 0.480 e. The maximum atomic E-state index is 13.8. The van der Waals surface area contributed by atoms with E-state index in [1.54, 1.807) is 0 Å². The molecule has 0 aromatic carbocycles. The minimum atomic E-state index is -4.78. The second kappa shape index (κ2) is 8.28. The highest BCUT2D eigenvalue weighted by Crippen LogP contribution is 2.48. The van der Waals surface area contributed by atoms with Crippen LogP contribution in [0.25, 0.3) is 10.4 Å². The van der Waals surface area contributed by atoms with Gasteiger partial charge in [0.1, 0.15) is 6.33 Å². The van der Waals surface area contributed by atoms with Crippen molar-refractivity contribution in [2.75, 3.05) is 19.5 Å². The summed E-state index contributed by atoms with van der Waals surface area (Å²) in [6.45, 7) is 0. The molecule has 1 fully saturated rings. The van der Waals surface area contributed by atoms with Gasteiger partial charge in [0.15, 0.2) is 16.4 Å². The summed E-state index contributed by atoms with van der Waals surface area (Å²) in [6.07, 6.45) is -1.11. The van der Waals surface area contributed by atoms with E-state index in [1.807, 2.05) is 0 Å². The van der Waals surface area contributed by atoms with Crippen LogP contribution in [0.5, 0.6) is 11.8 Å². The third-order valence-corrected chi connectivity index (χ3v) is 6.00. The SMILES string of the molecule is COc1ncnc(OC)c1C(=O)Nc1nc(C(F)(F)F)c(-c2ccnc(C3(C#N)CC3)c2)s1. The molecule has 0 unspecified atom stereocenters. The van der Waals surface area contributed by atoms with Gasteiger partial charge in [-0.1, -0.05) is 11.3 Å². The number of nitrogens with zero attached hydrogens (tertiary/aromatic N) is 5. The molecule has 0 radical (unpaired) electrons. The van der Waals surface area contributed by atoms with Gasteiger partial charge >= 0.3 is 6.18 Å². The fraction of sp³-hybridized carbons (Fsp3) is 0.300. The van der Waals surface area contributed by atoms with E-state index in [2.05, 4.69) is 31.3 Å². The summed E-state index contributed by atoms with van der Waals surface area (Å²) >= 11 is 0.641. The third kappa shape index (κ3) is 4.17. The van der Waals surface area contributed by atoms with E-state index >= 15 is 0 Å². The Morgan fingerprint density at radius 1 is 1.21 bits per heavy atom. The van der Waals surface area contributed by atoms with Crippen LogP contribution in [0.15, 0.2) is 24.7 Å². The number of ether oxygens (including phenoxy) is 2. The molecular weight excluding hydrogens is 461 g/mol. The number of nitriles is 1. The van der Waals surface area contributed by atoms with Gasteiger partial charge < -0.3 is 9.47 Å². The fourth-order valence-electron chi connectivity index (χ4n) is 3.16. The lowest BCUT2D eigenvalue weighted by atomic mass is 10.0. The van der Waals surface area contributed by atoms with E-state index in [1.165, 1.54) is 32.5 Å². The van der Waals surface area contributed by atoms with Crippen LogP contribution in [0.4, 0.5) is 18.3 Å². The topological polar surface area (TPSA) is 123 Å². The van der Waals surface area contributed by atoms with E-state index in [0.29, 0.717) is 29.9 Å². The molecule has 3 heterocycles. The maximum Gasteiger partial charge on any atom is 0.434 e. The smallest absolute Gasteiger partial charge is 0.434 e. The zero-order valence-electron chi connectivity index (χ0n) is 17.2. The van der Waals surface area contributed by atoms with Crippen LogP contribution < -0.4 is 14.8 Å². The molecular formula is C20H15F3N6O3S. The first-order valence-electron chi connectivity index (χ1n) is 9.43. The van der Waals surface area contributed by atoms with Gasteiger partial charge in [-0.05, 0) is 30.5 Å². The molecule has 0 atom stereocenters.